The molecule has 1 heterocycles. The smallest absolute Gasteiger partial charge is 0.369 e. The van der Waals surface area contributed by atoms with E-state index in [0.717, 1.165) is 28.7 Å². The maximum atomic E-state index is 12.6. The largest absolute Gasteiger partial charge is 0.416 e. The van der Waals surface area contributed by atoms with Gasteiger partial charge in [0.2, 0.25) is 5.95 Å². The van der Waals surface area contributed by atoms with Gasteiger partial charge in [-0.3, -0.25) is 4.57 Å². The Morgan fingerprint density at radius 1 is 1.05 bits per heavy atom. The van der Waals surface area contributed by atoms with Gasteiger partial charge in [-0.15, -0.1) is 0 Å². The Morgan fingerprint density at radius 2 is 1.71 bits per heavy atom. The molecule has 2 N–H and O–H groups in total. The standard InChI is InChI=1S/C15H12F3N3/c1-9-3-2-4-12-13(9)20-14(19)21(12)11-7-5-10(6-8-11)15(16,17)18/h2-8H,1H3,(H2,19,20). The summed E-state index contributed by atoms with van der Waals surface area (Å²) in [7, 11) is 0. The number of hydrogen-bond donors (Lipinski definition) is 1. The molecule has 0 amide bonds. The number of para-hydroxylation sites is 1. The molecule has 0 aliphatic rings. The van der Waals surface area contributed by atoms with E-state index in [4.69, 9.17) is 5.73 Å². The minimum atomic E-state index is -4.35. The van der Waals surface area contributed by atoms with E-state index in [1.54, 1.807) is 4.57 Å². The first kappa shape index (κ1) is 13.5. The molecule has 0 fully saturated rings. The number of nitrogens with zero attached hydrogens (tertiary/aromatic N) is 2. The van der Waals surface area contributed by atoms with Crippen molar-refractivity contribution in [1.82, 2.24) is 9.55 Å². The van der Waals surface area contributed by atoms with Gasteiger partial charge in [0.15, 0.2) is 0 Å². The van der Waals surface area contributed by atoms with E-state index in [2.05, 4.69) is 4.98 Å². The fourth-order valence-corrected chi connectivity index (χ4v) is 2.33. The highest BCUT2D eigenvalue weighted by atomic mass is 19.4. The Balaban J connectivity index is 2.17. The van der Waals surface area contributed by atoms with Crippen LogP contribution < -0.4 is 5.73 Å². The van der Waals surface area contributed by atoms with Crippen LogP contribution in [0.3, 0.4) is 0 Å². The van der Waals surface area contributed by atoms with Crippen LogP contribution in [0.1, 0.15) is 11.1 Å². The Kier molecular flexibility index (Phi) is 2.90. The molecule has 0 aliphatic carbocycles. The molecule has 0 spiro atoms. The summed E-state index contributed by atoms with van der Waals surface area (Å²) < 4.78 is 39.5. The van der Waals surface area contributed by atoms with Gasteiger partial charge >= 0.3 is 6.18 Å². The van der Waals surface area contributed by atoms with Crippen LogP contribution in [0.5, 0.6) is 0 Å². The number of imidazole rings is 1. The maximum absolute atomic E-state index is 12.6. The molecule has 3 aromatic rings. The second kappa shape index (κ2) is 4.51. The second-order valence-corrected chi connectivity index (χ2v) is 4.79. The number of hydrogen-bond acceptors (Lipinski definition) is 2. The van der Waals surface area contributed by atoms with E-state index >= 15 is 0 Å². The lowest BCUT2D eigenvalue weighted by atomic mass is 10.2. The van der Waals surface area contributed by atoms with E-state index in [1.807, 2.05) is 25.1 Å². The Morgan fingerprint density at radius 3 is 2.33 bits per heavy atom. The number of aryl methyl sites for hydroxylation is 1. The highest BCUT2D eigenvalue weighted by Gasteiger charge is 2.30. The van der Waals surface area contributed by atoms with Crippen molar-refractivity contribution in [3.05, 3.63) is 53.6 Å². The third-order valence-electron chi connectivity index (χ3n) is 3.37. The zero-order chi connectivity index (χ0) is 15.2. The van der Waals surface area contributed by atoms with Crippen LogP contribution in [0.15, 0.2) is 42.5 Å². The molecule has 0 aliphatic heterocycles. The van der Waals surface area contributed by atoms with Crippen molar-refractivity contribution in [2.24, 2.45) is 0 Å². The van der Waals surface area contributed by atoms with Gasteiger partial charge in [0.05, 0.1) is 16.6 Å². The van der Waals surface area contributed by atoms with Gasteiger partial charge in [-0.1, -0.05) is 12.1 Å². The molecule has 3 rings (SSSR count). The van der Waals surface area contributed by atoms with Crippen molar-refractivity contribution in [3.63, 3.8) is 0 Å². The number of alkyl halides is 3. The zero-order valence-electron chi connectivity index (χ0n) is 11.1. The monoisotopic (exact) mass is 291 g/mol. The maximum Gasteiger partial charge on any atom is 0.416 e. The predicted molar refractivity (Wildman–Crippen MR) is 75.2 cm³/mol. The molecule has 0 saturated carbocycles. The lowest BCUT2D eigenvalue weighted by Crippen LogP contribution is -2.06. The quantitative estimate of drug-likeness (QED) is 0.738. The molecule has 0 unspecified atom stereocenters. The molecule has 1 aromatic heterocycles. The van der Waals surface area contributed by atoms with Crippen LogP contribution in [-0.2, 0) is 6.18 Å². The molecule has 0 saturated heterocycles. The van der Waals surface area contributed by atoms with E-state index in [-0.39, 0.29) is 5.95 Å². The van der Waals surface area contributed by atoms with Crippen molar-refractivity contribution in [3.8, 4) is 5.69 Å². The first-order valence-electron chi connectivity index (χ1n) is 6.29. The molecule has 3 nitrogen and oxygen atoms in total. The van der Waals surface area contributed by atoms with E-state index in [1.165, 1.54) is 12.1 Å². The predicted octanol–water partition coefficient (Wildman–Crippen LogP) is 3.93. The van der Waals surface area contributed by atoms with Crippen molar-refractivity contribution in [2.45, 2.75) is 13.1 Å². The van der Waals surface area contributed by atoms with E-state index in [9.17, 15) is 13.2 Å². The average molecular weight is 291 g/mol. The van der Waals surface area contributed by atoms with E-state index in [0.29, 0.717) is 5.69 Å². The second-order valence-electron chi connectivity index (χ2n) is 4.79. The van der Waals surface area contributed by atoms with Crippen LogP contribution in [-0.4, -0.2) is 9.55 Å². The molecular weight excluding hydrogens is 279 g/mol. The average Bonchev–Trinajstić information content (AvgIpc) is 2.76. The van der Waals surface area contributed by atoms with Crippen molar-refractivity contribution in [2.75, 3.05) is 5.73 Å². The van der Waals surface area contributed by atoms with Crippen molar-refractivity contribution >= 4 is 17.0 Å². The highest BCUT2D eigenvalue weighted by Crippen LogP contribution is 2.31. The van der Waals surface area contributed by atoms with Crippen LogP contribution >= 0.6 is 0 Å². The SMILES string of the molecule is Cc1cccc2c1nc(N)n2-c1ccc(C(F)(F)F)cc1. The fourth-order valence-electron chi connectivity index (χ4n) is 2.33. The van der Waals surface area contributed by atoms with Crippen molar-refractivity contribution in [1.29, 1.82) is 0 Å². The molecule has 21 heavy (non-hydrogen) atoms. The Hall–Kier alpha value is -2.50. The Bertz CT molecular complexity index is 801. The zero-order valence-corrected chi connectivity index (χ0v) is 11.1. The molecule has 6 heteroatoms. The van der Waals surface area contributed by atoms with Gasteiger partial charge in [-0.2, -0.15) is 13.2 Å². The molecule has 0 atom stereocenters. The fraction of sp³-hybridized carbons (Fsp3) is 0.133. The normalized spacial score (nSPS) is 12.0. The third kappa shape index (κ3) is 2.22. The van der Waals surface area contributed by atoms with Gasteiger partial charge in [0.25, 0.3) is 0 Å². The molecule has 108 valence electrons. The number of halogens is 3. The summed E-state index contributed by atoms with van der Waals surface area (Å²) in [6.45, 7) is 1.91. The number of rotatable bonds is 1. The number of aromatic nitrogens is 2. The molecular formula is C15H12F3N3. The lowest BCUT2D eigenvalue weighted by Gasteiger charge is -2.10. The van der Waals surface area contributed by atoms with E-state index < -0.39 is 11.7 Å². The van der Waals surface area contributed by atoms with Crippen LogP contribution in [0.2, 0.25) is 0 Å². The number of nitrogen functional groups attached to an aromatic ring is 1. The van der Waals surface area contributed by atoms with Gasteiger partial charge < -0.3 is 5.73 Å². The van der Waals surface area contributed by atoms with Gasteiger partial charge in [0.1, 0.15) is 0 Å². The number of fused-ring (bicyclic) bond motifs is 1. The number of benzene rings is 2. The number of anilines is 1. The van der Waals surface area contributed by atoms with Gasteiger partial charge in [-0.05, 0) is 42.8 Å². The summed E-state index contributed by atoms with van der Waals surface area (Å²) in [4.78, 5) is 4.28. The summed E-state index contributed by atoms with van der Waals surface area (Å²) in [5.41, 5.74) is 8.25. The Labute approximate surface area is 118 Å². The molecule has 0 radical (unpaired) electrons. The van der Waals surface area contributed by atoms with Crippen LogP contribution in [0.4, 0.5) is 19.1 Å². The number of nitrogens with two attached hydrogens (primary N) is 1. The summed E-state index contributed by atoms with van der Waals surface area (Å²) >= 11 is 0. The summed E-state index contributed by atoms with van der Waals surface area (Å²) in [6.07, 6.45) is -4.35. The highest BCUT2D eigenvalue weighted by molar-refractivity contribution is 5.83. The molecule has 2 aromatic carbocycles. The minimum absolute atomic E-state index is 0.249. The van der Waals surface area contributed by atoms with Gasteiger partial charge in [0, 0.05) is 5.69 Å². The summed E-state index contributed by atoms with van der Waals surface area (Å²) in [6, 6.07) is 10.5. The molecule has 0 bridgehead atoms. The van der Waals surface area contributed by atoms with Crippen molar-refractivity contribution < 1.29 is 13.2 Å². The van der Waals surface area contributed by atoms with Gasteiger partial charge in [-0.25, -0.2) is 4.98 Å². The third-order valence-corrected chi connectivity index (χ3v) is 3.37. The summed E-state index contributed by atoms with van der Waals surface area (Å²) in [5.74, 6) is 0.249. The first-order valence-corrected chi connectivity index (χ1v) is 6.29. The topological polar surface area (TPSA) is 43.8 Å². The lowest BCUT2D eigenvalue weighted by molar-refractivity contribution is -0.137. The minimum Gasteiger partial charge on any atom is -0.369 e. The van der Waals surface area contributed by atoms with Crippen LogP contribution in [0, 0.1) is 6.92 Å². The summed E-state index contributed by atoms with van der Waals surface area (Å²) in [5, 5.41) is 0. The first-order chi connectivity index (χ1) is 9.88. The van der Waals surface area contributed by atoms with Crippen LogP contribution in [0.25, 0.3) is 16.7 Å².